The normalized spacial score (nSPS) is 10.8. The first kappa shape index (κ1) is 25.5. The molecule has 0 spiro atoms. The minimum atomic E-state index is -0.386. The van der Waals surface area contributed by atoms with Crippen LogP contribution < -0.4 is 19.5 Å². The van der Waals surface area contributed by atoms with Gasteiger partial charge in [0.2, 0.25) is 0 Å². The summed E-state index contributed by atoms with van der Waals surface area (Å²) in [5.74, 6) is 2.01. The molecule has 0 aliphatic heterocycles. The maximum atomic E-state index is 12.9. The zero-order chi connectivity index (χ0) is 25.8. The maximum Gasteiger partial charge on any atom is 0.291 e. The van der Waals surface area contributed by atoms with Crippen LogP contribution in [0.25, 0.3) is 0 Å². The fraction of sp³-hybridized carbons (Fsp3) is 0.231. The lowest BCUT2D eigenvalue weighted by molar-refractivity contribution is 0.0992. The summed E-state index contributed by atoms with van der Waals surface area (Å²) in [6, 6.07) is 13.9. The molecule has 8 nitrogen and oxygen atoms in total. The molecule has 1 N–H and O–H groups in total. The molecule has 0 aliphatic carbocycles. The molecule has 0 radical (unpaired) electrons. The number of halogens is 2. The van der Waals surface area contributed by atoms with Gasteiger partial charge in [0.05, 0.1) is 42.9 Å². The van der Waals surface area contributed by atoms with Crippen molar-refractivity contribution in [3.63, 3.8) is 0 Å². The topological polar surface area (TPSA) is 87.8 Å². The maximum absolute atomic E-state index is 12.9. The van der Waals surface area contributed by atoms with E-state index in [9.17, 15) is 4.79 Å². The quantitative estimate of drug-likeness (QED) is 0.274. The minimum Gasteiger partial charge on any atom is -0.493 e. The van der Waals surface area contributed by atoms with Gasteiger partial charge in [-0.3, -0.25) is 9.48 Å². The van der Waals surface area contributed by atoms with E-state index in [0.29, 0.717) is 51.0 Å². The number of anilines is 1. The van der Waals surface area contributed by atoms with Crippen LogP contribution in [0.2, 0.25) is 10.0 Å². The van der Waals surface area contributed by atoms with Crippen molar-refractivity contribution in [3.8, 4) is 17.2 Å². The Bertz CT molecular complexity index is 1400. The summed E-state index contributed by atoms with van der Waals surface area (Å²) in [5.41, 5.74) is 3.10. The van der Waals surface area contributed by atoms with E-state index in [-0.39, 0.29) is 18.3 Å². The molecule has 4 aromatic rings. The number of hydrogen-bond donors (Lipinski definition) is 1. The third-order valence-corrected chi connectivity index (χ3v) is 6.08. The number of hydrogen-bond acceptors (Lipinski definition) is 6. The van der Waals surface area contributed by atoms with Gasteiger partial charge in [0.25, 0.3) is 5.91 Å². The number of nitrogens with zero attached hydrogens (tertiary/aromatic N) is 2. The molecule has 188 valence electrons. The van der Waals surface area contributed by atoms with E-state index in [2.05, 4.69) is 10.4 Å². The molecular formula is C26H25Cl2N3O5. The molecule has 2 aromatic carbocycles. The molecule has 2 aromatic heterocycles. The van der Waals surface area contributed by atoms with Crippen LogP contribution in [-0.4, -0.2) is 29.9 Å². The van der Waals surface area contributed by atoms with Crippen LogP contribution in [0.15, 0.2) is 52.9 Å². The summed E-state index contributed by atoms with van der Waals surface area (Å²) in [7, 11) is 3.19. The number of furan rings is 1. The minimum absolute atomic E-state index is 0.107. The Balaban J connectivity index is 1.43. The van der Waals surface area contributed by atoms with Crippen molar-refractivity contribution in [2.24, 2.45) is 0 Å². The lowest BCUT2D eigenvalue weighted by Crippen LogP contribution is -2.12. The molecule has 0 saturated heterocycles. The fourth-order valence-corrected chi connectivity index (χ4v) is 4.14. The van der Waals surface area contributed by atoms with Gasteiger partial charge in [-0.05, 0) is 61.9 Å². The van der Waals surface area contributed by atoms with E-state index >= 15 is 0 Å². The average Bonchev–Trinajstić information content (AvgIpc) is 3.44. The van der Waals surface area contributed by atoms with Gasteiger partial charge in [-0.1, -0.05) is 29.3 Å². The highest BCUT2D eigenvalue weighted by atomic mass is 35.5. The molecule has 36 heavy (non-hydrogen) atoms. The average molecular weight is 530 g/mol. The summed E-state index contributed by atoms with van der Waals surface area (Å²) in [6.45, 7) is 4.34. The number of rotatable bonds is 9. The molecule has 1 amide bonds. The second kappa shape index (κ2) is 11.0. The Morgan fingerprint density at radius 3 is 2.47 bits per heavy atom. The largest absolute Gasteiger partial charge is 0.493 e. The molecule has 0 saturated carbocycles. The standard InChI is InChI=1S/C26H25Cl2N3O5/c1-15-25(16(2)31(30-15)13-17-5-8-22(33-3)24(11-17)34-4)29-26(32)23-10-7-19(36-23)14-35-21-9-6-18(27)12-20(21)28/h5-12H,13-14H2,1-4H3,(H,29,32). The zero-order valence-electron chi connectivity index (χ0n) is 20.2. The lowest BCUT2D eigenvalue weighted by atomic mass is 10.2. The van der Waals surface area contributed by atoms with Crippen LogP contribution in [0.3, 0.4) is 0 Å². The molecule has 10 heteroatoms. The monoisotopic (exact) mass is 529 g/mol. The highest BCUT2D eigenvalue weighted by Crippen LogP contribution is 2.30. The first-order valence-electron chi connectivity index (χ1n) is 11.0. The van der Waals surface area contributed by atoms with E-state index in [1.807, 2.05) is 36.7 Å². The number of ether oxygens (including phenoxy) is 3. The smallest absolute Gasteiger partial charge is 0.291 e. The predicted molar refractivity (Wildman–Crippen MR) is 138 cm³/mol. The number of benzene rings is 2. The summed E-state index contributed by atoms with van der Waals surface area (Å²) < 4.78 is 23.9. The van der Waals surface area contributed by atoms with Gasteiger partial charge in [0, 0.05) is 5.02 Å². The van der Waals surface area contributed by atoms with Gasteiger partial charge in [-0.2, -0.15) is 5.10 Å². The first-order chi connectivity index (χ1) is 17.3. The fourth-order valence-electron chi connectivity index (χ4n) is 3.68. The molecule has 4 rings (SSSR count). The summed E-state index contributed by atoms with van der Waals surface area (Å²) >= 11 is 12.0. The van der Waals surface area contributed by atoms with Crippen molar-refractivity contribution < 1.29 is 23.4 Å². The second-order valence-electron chi connectivity index (χ2n) is 7.98. The number of aryl methyl sites for hydroxylation is 1. The van der Waals surface area contributed by atoms with Crippen LogP contribution in [0.5, 0.6) is 17.2 Å². The van der Waals surface area contributed by atoms with Crippen molar-refractivity contribution in [1.29, 1.82) is 0 Å². The molecule has 0 atom stereocenters. The van der Waals surface area contributed by atoms with Crippen molar-refractivity contribution in [2.75, 3.05) is 19.5 Å². The van der Waals surface area contributed by atoms with Gasteiger partial charge in [-0.15, -0.1) is 0 Å². The Morgan fingerprint density at radius 1 is 1.00 bits per heavy atom. The highest BCUT2D eigenvalue weighted by Gasteiger charge is 2.18. The van der Waals surface area contributed by atoms with E-state index in [1.165, 1.54) is 0 Å². The lowest BCUT2D eigenvalue weighted by Gasteiger charge is -2.11. The predicted octanol–water partition coefficient (Wildman–Crippen LogP) is 6.30. The van der Waals surface area contributed by atoms with Gasteiger partial charge in [-0.25, -0.2) is 0 Å². The van der Waals surface area contributed by atoms with E-state index in [4.69, 9.17) is 41.8 Å². The number of carbonyl (C=O) groups excluding carboxylic acids is 1. The van der Waals surface area contributed by atoms with Crippen molar-refractivity contribution in [1.82, 2.24) is 9.78 Å². The Hall–Kier alpha value is -3.62. The van der Waals surface area contributed by atoms with Gasteiger partial charge < -0.3 is 23.9 Å². The second-order valence-corrected chi connectivity index (χ2v) is 8.82. The third kappa shape index (κ3) is 5.61. The Morgan fingerprint density at radius 2 is 1.75 bits per heavy atom. The molecule has 0 fully saturated rings. The summed E-state index contributed by atoms with van der Waals surface area (Å²) in [6.07, 6.45) is 0. The Labute approximate surface area is 218 Å². The third-order valence-electron chi connectivity index (χ3n) is 5.55. The van der Waals surface area contributed by atoms with E-state index in [1.54, 1.807) is 44.6 Å². The van der Waals surface area contributed by atoms with Crippen molar-refractivity contribution in [3.05, 3.63) is 87.0 Å². The molecule has 0 bridgehead atoms. The molecular weight excluding hydrogens is 505 g/mol. The summed E-state index contributed by atoms with van der Waals surface area (Å²) in [4.78, 5) is 12.9. The van der Waals surface area contributed by atoms with Crippen molar-refractivity contribution >= 4 is 34.8 Å². The van der Waals surface area contributed by atoms with Crippen molar-refractivity contribution in [2.45, 2.75) is 27.0 Å². The molecule has 0 unspecified atom stereocenters. The zero-order valence-corrected chi connectivity index (χ0v) is 21.7. The number of nitrogens with one attached hydrogen (secondary N) is 1. The SMILES string of the molecule is COc1ccc(Cn2nc(C)c(NC(=O)c3ccc(COc4ccc(Cl)cc4Cl)o3)c2C)cc1OC. The Kier molecular flexibility index (Phi) is 7.76. The van der Waals surface area contributed by atoms with Crippen LogP contribution in [0.1, 0.15) is 33.3 Å². The molecule has 0 aliphatic rings. The van der Waals surface area contributed by atoms with E-state index in [0.717, 1.165) is 11.3 Å². The van der Waals surface area contributed by atoms with Crippen LogP contribution >= 0.6 is 23.2 Å². The van der Waals surface area contributed by atoms with Crippen LogP contribution in [-0.2, 0) is 13.2 Å². The van der Waals surface area contributed by atoms with Gasteiger partial charge >= 0.3 is 0 Å². The summed E-state index contributed by atoms with van der Waals surface area (Å²) in [5, 5.41) is 8.40. The highest BCUT2D eigenvalue weighted by molar-refractivity contribution is 6.35. The molecule has 2 heterocycles. The van der Waals surface area contributed by atoms with Gasteiger partial charge in [0.1, 0.15) is 18.1 Å². The number of aromatic nitrogens is 2. The van der Waals surface area contributed by atoms with Crippen LogP contribution in [0, 0.1) is 13.8 Å². The first-order valence-corrected chi connectivity index (χ1v) is 11.8. The van der Waals surface area contributed by atoms with E-state index < -0.39 is 0 Å². The number of carbonyl (C=O) groups is 1. The van der Waals surface area contributed by atoms with Crippen LogP contribution in [0.4, 0.5) is 5.69 Å². The van der Waals surface area contributed by atoms with Gasteiger partial charge in [0.15, 0.2) is 17.3 Å². The number of methoxy groups -OCH3 is 2. The number of amides is 1.